The molecule has 0 aromatic carbocycles. The first-order valence-electron chi connectivity index (χ1n) is 6.69. The Morgan fingerprint density at radius 1 is 1.55 bits per heavy atom. The number of aromatic nitrogens is 1. The maximum Gasteiger partial charge on any atom is 0.253 e. The minimum absolute atomic E-state index is 0.105. The number of nitrogens with zero attached hydrogens (tertiary/aromatic N) is 1. The Kier molecular flexibility index (Phi) is 4.50. The van der Waals surface area contributed by atoms with E-state index in [9.17, 15) is 4.79 Å². The van der Waals surface area contributed by atoms with Crippen molar-refractivity contribution in [2.45, 2.75) is 38.3 Å². The molecule has 1 aromatic heterocycles. The molecule has 1 atom stereocenters. The van der Waals surface area contributed by atoms with Gasteiger partial charge in [0.25, 0.3) is 5.91 Å². The number of ether oxygens (including phenoxy) is 1. The van der Waals surface area contributed by atoms with Crippen LogP contribution in [0.4, 0.5) is 5.82 Å². The summed E-state index contributed by atoms with van der Waals surface area (Å²) in [5, 5.41) is 6.27. The molecule has 20 heavy (non-hydrogen) atoms. The Morgan fingerprint density at radius 3 is 2.95 bits per heavy atom. The van der Waals surface area contributed by atoms with Gasteiger partial charge in [-0.3, -0.25) is 4.79 Å². The first-order valence-corrected chi connectivity index (χ1v) is 7.07. The van der Waals surface area contributed by atoms with Crippen LogP contribution in [0.25, 0.3) is 0 Å². The van der Waals surface area contributed by atoms with Crippen LogP contribution in [0.2, 0.25) is 5.02 Å². The van der Waals surface area contributed by atoms with Gasteiger partial charge in [-0.15, -0.1) is 0 Å². The van der Waals surface area contributed by atoms with Gasteiger partial charge < -0.3 is 15.4 Å². The Balaban J connectivity index is 2.08. The minimum atomic E-state index is -0.200. The van der Waals surface area contributed by atoms with E-state index in [-0.39, 0.29) is 17.6 Å². The van der Waals surface area contributed by atoms with E-state index in [2.05, 4.69) is 15.6 Å². The highest BCUT2D eigenvalue weighted by Gasteiger charge is 2.30. The highest BCUT2D eigenvalue weighted by Crippen LogP contribution is 2.25. The molecule has 0 spiro atoms. The molecule has 0 aliphatic carbocycles. The van der Waals surface area contributed by atoms with Gasteiger partial charge in [0, 0.05) is 25.9 Å². The van der Waals surface area contributed by atoms with Gasteiger partial charge in [0.1, 0.15) is 5.82 Å². The predicted molar refractivity (Wildman–Crippen MR) is 79.3 cm³/mol. The van der Waals surface area contributed by atoms with Crippen LogP contribution < -0.4 is 10.6 Å². The number of amides is 1. The number of hydrogen-bond donors (Lipinski definition) is 2. The Bertz CT molecular complexity index is 505. The van der Waals surface area contributed by atoms with Crippen LogP contribution in [0, 0.1) is 0 Å². The van der Waals surface area contributed by atoms with E-state index >= 15 is 0 Å². The molecule has 0 saturated carbocycles. The minimum Gasteiger partial charge on any atom is -0.375 e. The molecule has 5 nitrogen and oxygen atoms in total. The van der Waals surface area contributed by atoms with Gasteiger partial charge in [-0.2, -0.15) is 0 Å². The largest absolute Gasteiger partial charge is 0.375 e. The van der Waals surface area contributed by atoms with Crippen molar-refractivity contribution in [3.05, 3.63) is 22.8 Å². The third-order valence-electron chi connectivity index (χ3n) is 3.39. The highest BCUT2D eigenvalue weighted by molar-refractivity contribution is 6.33. The van der Waals surface area contributed by atoms with E-state index in [4.69, 9.17) is 16.3 Å². The Morgan fingerprint density at radius 2 is 2.30 bits per heavy atom. The lowest BCUT2D eigenvalue weighted by Crippen LogP contribution is -2.45. The van der Waals surface area contributed by atoms with E-state index in [1.54, 1.807) is 13.1 Å². The molecule has 0 bridgehead atoms. The lowest BCUT2D eigenvalue weighted by Gasteiger charge is -2.35. The van der Waals surface area contributed by atoms with Gasteiger partial charge in [0.15, 0.2) is 0 Å². The number of pyridine rings is 1. The van der Waals surface area contributed by atoms with E-state index < -0.39 is 0 Å². The van der Waals surface area contributed by atoms with E-state index in [0.717, 1.165) is 12.8 Å². The van der Waals surface area contributed by atoms with Gasteiger partial charge in [-0.25, -0.2) is 4.98 Å². The molecular formula is C14H20ClN3O2. The van der Waals surface area contributed by atoms with Crippen LogP contribution in [0.3, 0.4) is 0 Å². The summed E-state index contributed by atoms with van der Waals surface area (Å²) in [5.74, 6) is 0.448. The maximum absolute atomic E-state index is 12.3. The maximum atomic E-state index is 12.3. The van der Waals surface area contributed by atoms with Crippen molar-refractivity contribution < 1.29 is 9.53 Å². The highest BCUT2D eigenvalue weighted by atomic mass is 35.5. The number of halogens is 1. The second kappa shape index (κ2) is 5.97. The van der Waals surface area contributed by atoms with Gasteiger partial charge in [-0.05, 0) is 32.8 Å². The SMILES string of the molecule is CNc1cc(C(=O)NC2CCOC(C)(C)C2)c(Cl)cn1. The monoisotopic (exact) mass is 297 g/mol. The quantitative estimate of drug-likeness (QED) is 0.899. The fourth-order valence-electron chi connectivity index (χ4n) is 2.37. The summed E-state index contributed by atoms with van der Waals surface area (Å²) in [6, 6.07) is 1.76. The molecular weight excluding hydrogens is 278 g/mol. The summed E-state index contributed by atoms with van der Waals surface area (Å²) in [6.07, 6.45) is 3.09. The molecule has 2 N–H and O–H groups in total. The first-order chi connectivity index (χ1) is 9.41. The van der Waals surface area contributed by atoms with E-state index in [0.29, 0.717) is 23.0 Å². The molecule has 1 amide bonds. The number of hydrogen-bond acceptors (Lipinski definition) is 4. The van der Waals surface area contributed by atoms with Crippen LogP contribution in [0.5, 0.6) is 0 Å². The van der Waals surface area contributed by atoms with Gasteiger partial charge in [0.2, 0.25) is 0 Å². The van der Waals surface area contributed by atoms with Crippen LogP contribution in [-0.2, 0) is 4.74 Å². The summed E-state index contributed by atoms with van der Waals surface area (Å²) in [7, 11) is 1.75. The Hall–Kier alpha value is -1.33. The summed E-state index contributed by atoms with van der Waals surface area (Å²) in [6.45, 7) is 4.72. The molecule has 1 saturated heterocycles. The van der Waals surface area contributed by atoms with Crippen LogP contribution in [0.1, 0.15) is 37.0 Å². The summed E-state index contributed by atoms with van der Waals surface area (Å²) >= 11 is 6.05. The molecule has 2 rings (SSSR count). The van der Waals surface area contributed by atoms with Crippen LogP contribution in [0.15, 0.2) is 12.3 Å². The topological polar surface area (TPSA) is 63.2 Å². The van der Waals surface area contributed by atoms with Gasteiger partial charge in [0.05, 0.1) is 16.2 Å². The van der Waals surface area contributed by atoms with Crippen molar-refractivity contribution in [2.24, 2.45) is 0 Å². The smallest absolute Gasteiger partial charge is 0.253 e. The normalized spacial score (nSPS) is 21.3. The summed E-state index contributed by atoms with van der Waals surface area (Å²) < 4.78 is 5.65. The molecule has 1 unspecified atom stereocenters. The van der Waals surface area contributed by atoms with E-state index in [1.807, 2.05) is 13.8 Å². The van der Waals surface area contributed by atoms with Crippen LogP contribution >= 0.6 is 11.6 Å². The fourth-order valence-corrected chi connectivity index (χ4v) is 2.56. The van der Waals surface area contributed by atoms with Crippen molar-refractivity contribution in [1.29, 1.82) is 0 Å². The van der Waals surface area contributed by atoms with Crippen molar-refractivity contribution in [2.75, 3.05) is 19.0 Å². The molecule has 1 fully saturated rings. The second-order valence-electron chi connectivity index (χ2n) is 5.57. The molecule has 1 aromatic rings. The third kappa shape index (κ3) is 3.61. The number of rotatable bonds is 3. The molecule has 2 heterocycles. The zero-order chi connectivity index (χ0) is 14.8. The fraction of sp³-hybridized carbons (Fsp3) is 0.571. The predicted octanol–water partition coefficient (Wildman–Crippen LogP) is 2.46. The van der Waals surface area contributed by atoms with E-state index in [1.165, 1.54) is 6.20 Å². The first kappa shape index (κ1) is 15.1. The van der Waals surface area contributed by atoms with Crippen molar-refractivity contribution in [3.8, 4) is 0 Å². The molecule has 110 valence electrons. The van der Waals surface area contributed by atoms with Crippen molar-refractivity contribution >= 4 is 23.3 Å². The second-order valence-corrected chi connectivity index (χ2v) is 5.98. The molecule has 1 aliphatic heterocycles. The molecule has 6 heteroatoms. The zero-order valence-corrected chi connectivity index (χ0v) is 12.8. The average molecular weight is 298 g/mol. The number of anilines is 1. The third-order valence-corrected chi connectivity index (χ3v) is 3.69. The molecule has 0 radical (unpaired) electrons. The molecule has 1 aliphatic rings. The van der Waals surface area contributed by atoms with Gasteiger partial charge >= 0.3 is 0 Å². The summed E-state index contributed by atoms with van der Waals surface area (Å²) in [4.78, 5) is 16.4. The van der Waals surface area contributed by atoms with Crippen molar-refractivity contribution in [3.63, 3.8) is 0 Å². The Labute approximate surface area is 124 Å². The standard InChI is InChI=1S/C14H20ClN3O2/c1-14(2)7-9(4-5-20-14)18-13(19)10-6-12(16-3)17-8-11(10)15/h6,8-9H,4-5,7H2,1-3H3,(H,16,17)(H,18,19). The van der Waals surface area contributed by atoms with Crippen LogP contribution in [-0.4, -0.2) is 36.2 Å². The van der Waals surface area contributed by atoms with Crippen molar-refractivity contribution in [1.82, 2.24) is 10.3 Å². The summed E-state index contributed by atoms with van der Waals surface area (Å²) in [5.41, 5.74) is 0.240. The van der Waals surface area contributed by atoms with Gasteiger partial charge in [-0.1, -0.05) is 11.6 Å². The number of carbonyl (C=O) groups excluding carboxylic acids is 1. The zero-order valence-electron chi connectivity index (χ0n) is 12.0. The lowest BCUT2D eigenvalue weighted by atomic mass is 9.94. The number of nitrogens with one attached hydrogen (secondary N) is 2. The average Bonchev–Trinajstić information content (AvgIpc) is 2.38. The lowest BCUT2D eigenvalue weighted by molar-refractivity contribution is -0.0615. The number of carbonyl (C=O) groups is 1.